The molecule has 166 valence electrons. The van der Waals surface area contributed by atoms with Gasteiger partial charge in [-0.3, -0.25) is 4.99 Å². The molecule has 2 aromatic carbocycles. The predicted molar refractivity (Wildman–Crippen MR) is 97.6 cm³/mol. The normalized spacial score (nSPS) is 16.7. The molecule has 0 fully saturated rings. The van der Waals surface area contributed by atoms with Gasteiger partial charge in [-0.1, -0.05) is 0 Å². The number of hydrogen-bond donors (Lipinski definition) is 0. The third-order valence-corrected chi connectivity index (χ3v) is 4.95. The van der Waals surface area contributed by atoms with Gasteiger partial charge in [0.1, 0.15) is 35.3 Å². The standard InChI is InChI=1S/C21H6F8N4/c1-33-5-7(4-32)9-14(22)12-13(19(27)18(9)26)16(24)11-10(15(12)23)8(6(2-30)3-31)17(25)21(29)20(11)28/h5-6,8H,1H3/b9-7-,33-5+. The van der Waals surface area contributed by atoms with Crippen molar-refractivity contribution in [3.8, 4) is 18.2 Å². The maximum atomic E-state index is 15.5. The molecule has 1 atom stereocenters. The van der Waals surface area contributed by atoms with E-state index >= 15 is 13.2 Å². The van der Waals surface area contributed by atoms with Gasteiger partial charge >= 0.3 is 0 Å². The number of rotatable bonds is 2. The van der Waals surface area contributed by atoms with Crippen LogP contribution in [0.25, 0.3) is 22.2 Å². The Hall–Kier alpha value is -4.24. The zero-order valence-electron chi connectivity index (χ0n) is 16.0. The van der Waals surface area contributed by atoms with Crippen LogP contribution in [0.4, 0.5) is 35.1 Å². The minimum absolute atomic E-state index is 0.592. The minimum Gasteiger partial charge on any atom is -0.295 e. The van der Waals surface area contributed by atoms with Gasteiger partial charge in [-0.15, -0.1) is 0 Å². The lowest BCUT2D eigenvalue weighted by molar-refractivity contribution is 0.433. The molecule has 0 N–H and O–H groups in total. The summed E-state index contributed by atoms with van der Waals surface area (Å²) in [5, 5.41) is 20.6. The van der Waals surface area contributed by atoms with Crippen LogP contribution in [-0.4, -0.2) is 13.3 Å². The van der Waals surface area contributed by atoms with Crippen molar-refractivity contribution in [2.24, 2.45) is 10.9 Å². The van der Waals surface area contributed by atoms with Crippen LogP contribution in [-0.2, 0) is 0 Å². The van der Waals surface area contributed by atoms with Crippen LogP contribution in [0.15, 0.2) is 16.6 Å². The van der Waals surface area contributed by atoms with Gasteiger partial charge in [-0.05, 0) is 0 Å². The van der Waals surface area contributed by atoms with Gasteiger partial charge in [-0.2, -0.15) is 15.8 Å². The van der Waals surface area contributed by atoms with Crippen LogP contribution in [0.3, 0.4) is 0 Å². The second-order valence-electron chi connectivity index (χ2n) is 6.59. The summed E-state index contributed by atoms with van der Waals surface area (Å²) < 4.78 is 118. The molecular formula is C21H6F8N4. The predicted octanol–water partition coefficient (Wildman–Crippen LogP) is 3.90. The van der Waals surface area contributed by atoms with E-state index in [-0.39, 0.29) is 0 Å². The number of fused-ring (bicyclic) bond motifs is 2. The summed E-state index contributed by atoms with van der Waals surface area (Å²) in [7, 11) is 1.08. The van der Waals surface area contributed by atoms with E-state index in [0.29, 0.717) is 6.21 Å². The molecule has 3 rings (SSSR count). The van der Waals surface area contributed by atoms with Crippen molar-refractivity contribution in [3.63, 3.8) is 0 Å². The zero-order chi connectivity index (χ0) is 24.8. The SMILES string of the molecule is C/N=C/C(C#N)=c1\c(F)c(F)c2c(F)c3c(c(F)c2c1F)C(C(C#N)C#N)C(F)=C(F)C=3F. The Bertz CT molecular complexity index is 1540. The number of hydrogen-bond acceptors (Lipinski definition) is 4. The molecule has 0 saturated heterocycles. The highest BCUT2D eigenvalue weighted by molar-refractivity contribution is 6.09. The van der Waals surface area contributed by atoms with Crippen LogP contribution in [0.5, 0.6) is 0 Å². The van der Waals surface area contributed by atoms with Gasteiger partial charge < -0.3 is 0 Å². The first kappa shape index (κ1) is 23.4. The molecule has 2 aromatic rings. The molecule has 0 aliphatic heterocycles. The van der Waals surface area contributed by atoms with E-state index in [1.807, 2.05) is 0 Å². The number of halogens is 8. The van der Waals surface area contributed by atoms with Crippen LogP contribution >= 0.6 is 0 Å². The summed E-state index contributed by atoms with van der Waals surface area (Å²) in [5.41, 5.74) is -2.42. The first-order valence-electron chi connectivity index (χ1n) is 8.66. The van der Waals surface area contributed by atoms with E-state index in [1.165, 1.54) is 18.2 Å². The number of nitriles is 3. The van der Waals surface area contributed by atoms with E-state index in [0.717, 1.165) is 7.05 Å². The fourth-order valence-electron chi connectivity index (χ4n) is 3.55. The van der Waals surface area contributed by atoms with Crippen LogP contribution in [0.1, 0.15) is 11.5 Å². The molecule has 0 radical (unpaired) electrons. The lowest BCUT2D eigenvalue weighted by Gasteiger charge is -2.23. The molecule has 33 heavy (non-hydrogen) atoms. The highest BCUT2D eigenvalue weighted by Crippen LogP contribution is 2.42. The maximum absolute atomic E-state index is 15.5. The Labute approximate surface area is 178 Å². The highest BCUT2D eigenvalue weighted by atomic mass is 19.2. The van der Waals surface area contributed by atoms with E-state index in [1.54, 1.807) is 0 Å². The largest absolute Gasteiger partial charge is 0.295 e. The number of nitrogens with zero attached hydrogens (tertiary/aromatic N) is 4. The summed E-state index contributed by atoms with van der Waals surface area (Å²) in [6.07, 6.45) is 0.592. The average molecular weight is 466 g/mol. The highest BCUT2D eigenvalue weighted by Gasteiger charge is 2.41. The topological polar surface area (TPSA) is 83.7 Å². The lowest BCUT2D eigenvalue weighted by atomic mass is 9.80. The molecule has 0 heterocycles. The van der Waals surface area contributed by atoms with Gasteiger partial charge in [0.15, 0.2) is 23.3 Å². The number of aliphatic imine (C=N–C) groups is 1. The minimum atomic E-state index is -2.55. The Morgan fingerprint density at radius 1 is 0.818 bits per heavy atom. The lowest BCUT2D eigenvalue weighted by Crippen LogP contribution is -2.32. The molecular weight excluding hydrogens is 460 g/mol. The van der Waals surface area contributed by atoms with E-state index in [4.69, 9.17) is 15.8 Å². The molecule has 0 amide bonds. The third kappa shape index (κ3) is 3.13. The number of benzene rings is 2. The third-order valence-electron chi connectivity index (χ3n) is 4.95. The second-order valence-corrected chi connectivity index (χ2v) is 6.59. The van der Waals surface area contributed by atoms with Crippen molar-refractivity contribution in [3.05, 3.63) is 56.7 Å². The average Bonchev–Trinajstić information content (AvgIpc) is 2.79. The molecule has 1 aliphatic carbocycles. The van der Waals surface area contributed by atoms with Crippen molar-refractivity contribution in [1.29, 1.82) is 15.8 Å². The van der Waals surface area contributed by atoms with Gasteiger partial charge in [0.25, 0.3) is 0 Å². The van der Waals surface area contributed by atoms with Gasteiger partial charge in [0.2, 0.25) is 0 Å². The van der Waals surface area contributed by atoms with Crippen molar-refractivity contribution in [2.45, 2.75) is 5.92 Å². The quantitative estimate of drug-likeness (QED) is 0.383. The van der Waals surface area contributed by atoms with Crippen molar-refractivity contribution >= 4 is 28.4 Å². The van der Waals surface area contributed by atoms with Gasteiger partial charge in [0, 0.05) is 18.8 Å². The van der Waals surface area contributed by atoms with Crippen LogP contribution < -0.4 is 10.4 Å². The Kier molecular flexibility index (Phi) is 5.93. The van der Waals surface area contributed by atoms with Gasteiger partial charge in [-0.25, -0.2) is 35.1 Å². The van der Waals surface area contributed by atoms with Crippen LogP contribution in [0, 0.1) is 69.0 Å². The molecule has 0 spiro atoms. The smallest absolute Gasteiger partial charge is 0.191 e. The summed E-state index contributed by atoms with van der Waals surface area (Å²) in [6.45, 7) is 0. The Morgan fingerprint density at radius 2 is 1.39 bits per heavy atom. The van der Waals surface area contributed by atoms with E-state index < -0.39 is 90.7 Å². The van der Waals surface area contributed by atoms with E-state index in [2.05, 4.69) is 4.99 Å². The van der Waals surface area contributed by atoms with Gasteiger partial charge in [0.05, 0.1) is 44.8 Å². The Balaban J connectivity index is 2.78. The molecule has 0 saturated carbocycles. The van der Waals surface area contributed by atoms with E-state index in [9.17, 15) is 22.0 Å². The summed E-state index contributed by atoms with van der Waals surface area (Å²) in [4.78, 5) is 3.34. The second kappa shape index (κ2) is 8.36. The fourth-order valence-corrected chi connectivity index (χ4v) is 3.55. The molecule has 12 heteroatoms. The van der Waals surface area contributed by atoms with Crippen molar-refractivity contribution < 1.29 is 35.1 Å². The molecule has 4 nitrogen and oxygen atoms in total. The maximum Gasteiger partial charge on any atom is 0.191 e. The summed E-state index contributed by atoms with van der Waals surface area (Å²) in [6, 6.07) is 3.69. The first-order chi connectivity index (χ1) is 15.6. The van der Waals surface area contributed by atoms with Crippen molar-refractivity contribution in [1.82, 2.24) is 0 Å². The fraction of sp³-hybridized carbons (Fsp3) is 0.143. The summed E-state index contributed by atoms with van der Waals surface area (Å²) >= 11 is 0. The molecule has 0 bridgehead atoms. The summed E-state index contributed by atoms with van der Waals surface area (Å²) in [5.74, 6) is -22.4. The number of allylic oxidation sites excluding steroid dienone is 2. The zero-order valence-corrected chi connectivity index (χ0v) is 16.0. The Morgan fingerprint density at radius 3 is 1.91 bits per heavy atom. The molecule has 1 aliphatic rings. The first-order valence-corrected chi connectivity index (χ1v) is 8.66. The van der Waals surface area contributed by atoms with Crippen LogP contribution in [0.2, 0.25) is 0 Å². The molecule has 0 aromatic heterocycles. The monoisotopic (exact) mass is 466 g/mol. The molecule has 1 unspecified atom stereocenters. The van der Waals surface area contributed by atoms with Crippen molar-refractivity contribution in [2.75, 3.05) is 7.05 Å².